The number of hydrogen-bond acceptors (Lipinski definition) is 4. The van der Waals surface area contributed by atoms with Crippen LogP contribution in [0.1, 0.15) is 50.7 Å². The first kappa shape index (κ1) is 17.9. The Balaban J connectivity index is 2.32. The van der Waals surface area contributed by atoms with E-state index in [1.807, 2.05) is 13.8 Å². The van der Waals surface area contributed by atoms with Gasteiger partial charge in [0.05, 0.1) is 10.7 Å². The van der Waals surface area contributed by atoms with E-state index in [2.05, 4.69) is 34.8 Å². The Bertz CT molecular complexity index is 432. The zero-order valence-corrected chi connectivity index (χ0v) is 14.2. The molecule has 0 saturated heterocycles. The number of carbonyl (C=O) groups is 1. The van der Waals surface area contributed by atoms with Crippen molar-refractivity contribution in [2.24, 2.45) is 5.92 Å². The van der Waals surface area contributed by atoms with Gasteiger partial charge >= 0.3 is 6.03 Å². The number of aliphatic hydroxyl groups is 1. The number of urea groups is 1. The molecule has 120 valence electrons. The second-order valence-corrected chi connectivity index (χ2v) is 6.73. The van der Waals surface area contributed by atoms with E-state index < -0.39 is 0 Å². The van der Waals surface area contributed by atoms with Crippen LogP contribution in [-0.2, 0) is 6.42 Å². The van der Waals surface area contributed by atoms with Crippen LogP contribution in [0.5, 0.6) is 0 Å². The number of aromatic nitrogens is 1. The second-order valence-electron chi connectivity index (χ2n) is 5.84. The van der Waals surface area contributed by atoms with E-state index in [-0.39, 0.29) is 18.7 Å². The molecule has 3 N–H and O–H groups in total. The van der Waals surface area contributed by atoms with Crippen LogP contribution >= 0.6 is 11.3 Å². The number of hydrogen-bond donors (Lipinski definition) is 3. The monoisotopic (exact) mass is 313 g/mol. The van der Waals surface area contributed by atoms with Gasteiger partial charge < -0.3 is 15.7 Å². The topological polar surface area (TPSA) is 74.2 Å². The minimum absolute atomic E-state index is 0.00168. The molecule has 0 aliphatic heterocycles. The molecule has 1 atom stereocenters. The van der Waals surface area contributed by atoms with Gasteiger partial charge in [-0.15, -0.1) is 11.3 Å². The lowest BCUT2D eigenvalue weighted by atomic mass is 10.0. The average molecular weight is 313 g/mol. The maximum absolute atomic E-state index is 11.8. The van der Waals surface area contributed by atoms with Gasteiger partial charge in [0.15, 0.2) is 0 Å². The predicted octanol–water partition coefficient (Wildman–Crippen LogP) is 2.52. The molecule has 0 aromatic carbocycles. The minimum Gasteiger partial charge on any atom is -0.396 e. The molecule has 0 spiro atoms. The SMILES string of the molecule is CC(C)c1nc(CCNC(=O)NC(CCO)C(C)C)cs1. The number of thiazole rings is 1. The summed E-state index contributed by atoms with van der Waals surface area (Å²) in [5.41, 5.74) is 1.03. The lowest BCUT2D eigenvalue weighted by molar-refractivity contribution is 0.219. The largest absolute Gasteiger partial charge is 0.396 e. The minimum atomic E-state index is -0.179. The first-order chi connectivity index (χ1) is 9.93. The predicted molar refractivity (Wildman–Crippen MR) is 86.8 cm³/mol. The first-order valence-electron chi connectivity index (χ1n) is 7.53. The Hall–Kier alpha value is -1.14. The Morgan fingerprint density at radius 3 is 2.62 bits per heavy atom. The molecular formula is C15H27N3O2S. The molecule has 1 rings (SSSR count). The Kier molecular flexibility index (Phi) is 7.67. The summed E-state index contributed by atoms with van der Waals surface area (Å²) >= 11 is 1.67. The summed E-state index contributed by atoms with van der Waals surface area (Å²) in [6, 6.07) is -0.178. The van der Waals surface area contributed by atoms with Gasteiger partial charge in [-0.25, -0.2) is 9.78 Å². The summed E-state index contributed by atoms with van der Waals surface area (Å²) in [6.45, 7) is 8.96. The summed E-state index contributed by atoms with van der Waals surface area (Å²) in [5.74, 6) is 0.750. The van der Waals surface area contributed by atoms with Gasteiger partial charge in [-0.05, 0) is 12.3 Å². The van der Waals surface area contributed by atoms with E-state index in [9.17, 15) is 4.79 Å². The molecule has 0 aliphatic rings. The van der Waals surface area contributed by atoms with E-state index in [1.54, 1.807) is 11.3 Å². The normalized spacial score (nSPS) is 12.7. The van der Waals surface area contributed by atoms with Crippen LogP contribution in [0.2, 0.25) is 0 Å². The third-order valence-electron chi connectivity index (χ3n) is 3.29. The Morgan fingerprint density at radius 2 is 2.10 bits per heavy atom. The molecular weight excluding hydrogens is 286 g/mol. The number of amides is 2. The second kappa shape index (κ2) is 9.00. The lowest BCUT2D eigenvalue weighted by Crippen LogP contribution is -2.45. The molecule has 0 aliphatic carbocycles. The van der Waals surface area contributed by atoms with Crippen molar-refractivity contribution in [3.05, 3.63) is 16.1 Å². The van der Waals surface area contributed by atoms with E-state index in [1.165, 1.54) is 0 Å². The van der Waals surface area contributed by atoms with E-state index in [0.29, 0.717) is 24.8 Å². The Morgan fingerprint density at radius 1 is 1.38 bits per heavy atom. The highest BCUT2D eigenvalue weighted by atomic mass is 32.1. The van der Waals surface area contributed by atoms with Crippen molar-refractivity contribution in [2.75, 3.05) is 13.2 Å². The molecule has 1 unspecified atom stereocenters. The van der Waals surface area contributed by atoms with Crippen LogP contribution in [0.25, 0.3) is 0 Å². The van der Waals surface area contributed by atoms with Crippen LogP contribution < -0.4 is 10.6 Å². The van der Waals surface area contributed by atoms with Gasteiger partial charge in [0.2, 0.25) is 0 Å². The van der Waals surface area contributed by atoms with Crippen molar-refractivity contribution < 1.29 is 9.90 Å². The molecule has 0 radical (unpaired) electrons. The number of carbonyl (C=O) groups excluding carboxylic acids is 1. The van der Waals surface area contributed by atoms with Crippen LogP contribution in [0, 0.1) is 5.92 Å². The molecule has 1 heterocycles. The van der Waals surface area contributed by atoms with Gasteiger partial charge in [-0.1, -0.05) is 27.7 Å². The zero-order chi connectivity index (χ0) is 15.8. The number of nitrogens with one attached hydrogen (secondary N) is 2. The van der Waals surface area contributed by atoms with E-state index in [4.69, 9.17) is 5.11 Å². The highest BCUT2D eigenvalue weighted by molar-refractivity contribution is 7.09. The third kappa shape index (κ3) is 6.44. The van der Waals surface area contributed by atoms with Gasteiger partial charge in [0.1, 0.15) is 0 Å². The highest BCUT2D eigenvalue weighted by Gasteiger charge is 2.15. The molecule has 0 fully saturated rings. The number of nitrogens with zero attached hydrogens (tertiary/aromatic N) is 1. The molecule has 5 nitrogen and oxygen atoms in total. The van der Waals surface area contributed by atoms with Crippen LogP contribution in [0.4, 0.5) is 4.79 Å². The van der Waals surface area contributed by atoms with Crippen LogP contribution in [0.15, 0.2) is 5.38 Å². The molecule has 2 amide bonds. The standard InChI is InChI=1S/C15H27N3O2S/c1-10(2)13(6-8-19)18-15(20)16-7-5-12-9-21-14(17-12)11(3)4/h9-11,13,19H,5-8H2,1-4H3,(H2,16,18,20). The fraction of sp³-hybridized carbons (Fsp3) is 0.733. The van der Waals surface area contributed by atoms with Crippen LogP contribution in [-0.4, -0.2) is 35.3 Å². The third-order valence-corrected chi connectivity index (χ3v) is 4.49. The summed E-state index contributed by atoms with van der Waals surface area (Å²) in [5, 5.41) is 17.9. The van der Waals surface area contributed by atoms with Crippen molar-refractivity contribution in [1.29, 1.82) is 0 Å². The first-order valence-corrected chi connectivity index (χ1v) is 8.41. The summed E-state index contributed by atoms with van der Waals surface area (Å²) < 4.78 is 0. The smallest absolute Gasteiger partial charge is 0.315 e. The van der Waals surface area contributed by atoms with Crippen molar-refractivity contribution >= 4 is 17.4 Å². The van der Waals surface area contributed by atoms with Gasteiger partial charge in [-0.2, -0.15) is 0 Å². The summed E-state index contributed by atoms with van der Waals surface area (Å²) in [7, 11) is 0. The van der Waals surface area contributed by atoms with Crippen LogP contribution in [0.3, 0.4) is 0 Å². The van der Waals surface area contributed by atoms with E-state index >= 15 is 0 Å². The highest BCUT2D eigenvalue weighted by Crippen LogP contribution is 2.19. The summed E-state index contributed by atoms with van der Waals surface area (Å²) in [4.78, 5) is 16.4. The van der Waals surface area contributed by atoms with Gasteiger partial charge in [0, 0.05) is 36.9 Å². The molecule has 21 heavy (non-hydrogen) atoms. The summed E-state index contributed by atoms with van der Waals surface area (Å²) in [6.07, 6.45) is 1.32. The lowest BCUT2D eigenvalue weighted by Gasteiger charge is -2.21. The Labute approximate surface area is 131 Å². The fourth-order valence-corrected chi connectivity index (χ4v) is 2.81. The molecule has 1 aromatic heterocycles. The molecule has 1 aromatic rings. The van der Waals surface area contributed by atoms with Crippen molar-refractivity contribution in [3.63, 3.8) is 0 Å². The molecule has 6 heteroatoms. The van der Waals surface area contributed by atoms with Crippen molar-refractivity contribution in [3.8, 4) is 0 Å². The van der Waals surface area contributed by atoms with Crippen molar-refractivity contribution in [1.82, 2.24) is 15.6 Å². The van der Waals surface area contributed by atoms with Gasteiger partial charge in [-0.3, -0.25) is 0 Å². The van der Waals surface area contributed by atoms with Gasteiger partial charge in [0.25, 0.3) is 0 Å². The quantitative estimate of drug-likeness (QED) is 0.690. The fourth-order valence-electron chi connectivity index (χ4n) is 1.94. The van der Waals surface area contributed by atoms with Crippen molar-refractivity contribution in [2.45, 2.75) is 52.5 Å². The number of rotatable bonds is 8. The maximum atomic E-state index is 11.8. The molecule has 0 saturated carbocycles. The zero-order valence-electron chi connectivity index (χ0n) is 13.3. The average Bonchev–Trinajstić information content (AvgIpc) is 2.87. The maximum Gasteiger partial charge on any atom is 0.315 e. The van der Waals surface area contributed by atoms with E-state index in [0.717, 1.165) is 17.1 Å². The molecule has 0 bridgehead atoms. The number of aliphatic hydroxyl groups excluding tert-OH is 1.